The number of para-hydroxylation sites is 1. The van der Waals surface area contributed by atoms with Crippen molar-refractivity contribution in [3.05, 3.63) is 62.9 Å². The number of carbonyl (C=O) groups excluding carboxylic acids is 1. The second-order valence-electron chi connectivity index (χ2n) is 8.51. The van der Waals surface area contributed by atoms with Crippen LogP contribution in [-0.2, 0) is 23.4 Å². The van der Waals surface area contributed by atoms with Crippen LogP contribution >= 0.6 is 7.75 Å². The van der Waals surface area contributed by atoms with Crippen LogP contribution in [0.5, 0.6) is 5.75 Å². The molecule has 12 nitrogen and oxygen atoms in total. The van der Waals surface area contributed by atoms with Gasteiger partial charge in [-0.1, -0.05) is 18.2 Å². The van der Waals surface area contributed by atoms with Crippen LogP contribution in [0.3, 0.4) is 0 Å². The zero-order chi connectivity index (χ0) is 26.6. The van der Waals surface area contributed by atoms with Gasteiger partial charge >= 0.3 is 19.4 Å². The number of H-pyrrole nitrogens is 1. The third-order valence-electron chi connectivity index (χ3n) is 5.15. The maximum atomic E-state index is 14.9. The Labute approximate surface area is 205 Å². The quantitative estimate of drug-likeness (QED) is 0.305. The number of alkyl halides is 1. The lowest BCUT2D eigenvalue weighted by Gasteiger charge is -2.25. The lowest BCUT2D eigenvalue weighted by molar-refractivity contribution is -0.149. The molecule has 0 spiro atoms. The first-order valence-corrected chi connectivity index (χ1v) is 12.7. The Morgan fingerprint density at radius 3 is 2.58 bits per heavy atom. The average molecular weight is 529 g/mol. The van der Waals surface area contributed by atoms with Crippen molar-refractivity contribution >= 4 is 13.7 Å². The van der Waals surface area contributed by atoms with Crippen molar-refractivity contribution in [2.24, 2.45) is 0 Å². The SMILES string of the molecule is Cc1cn([C@H]2OC(CO[P@@](=O)(N[C@@H](C)C(=O)OC(C)C)Oc3ccccc3)[C@H](O)[C@H]2F)c(=O)[nH]c1=O. The van der Waals surface area contributed by atoms with E-state index in [1.54, 1.807) is 32.0 Å². The van der Waals surface area contributed by atoms with Crippen molar-refractivity contribution in [1.82, 2.24) is 14.6 Å². The van der Waals surface area contributed by atoms with Crippen LogP contribution in [0.15, 0.2) is 46.1 Å². The van der Waals surface area contributed by atoms with Crippen molar-refractivity contribution in [3.63, 3.8) is 0 Å². The van der Waals surface area contributed by atoms with E-state index in [9.17, 15) is 28.4 Å². The van der Waals surface area contributed by atoms with E-state index in [1.807, 2.05) is 4.98 Å². The van der Waals surface area contributed by atoms with Gasteiger partial charge in [0.15, 0.2) is 12.4 Å². The number of rotatable bonds is 10. The average Bonchev–Trinajstić information content (AvgIpc) is 3.08. The highest BCUT2D eigenvalue weighted by atomic mass is 31.2. The number of benzene rings is 1. The molecule has 0 bridgehead atoms. The third-order valence-corrected chi connectivity index (χ3v) is 6.79. The van der Waals surface area contributed by atoms with E-state index in [2.05, 4.69) is 5.09 Å². The molecule has 2 aromatic rings. The standard InChI is InChI=1S/C22H29FN3O9P/c1-12(2)33-21(29)14(4)25-36(31,35-15-8-6-5-7-9-15)32-11-16-18(27)17(23)20(34-16)26-10-13(3)19(28)24-22(26)30/h5-10,12,14,16-18,20,27H,11H2,1-4H3,(H,25,31)(H,24,28,30)/t14-,16?,17+,18-,20-,36-/m0/s1. The molecule has 1 aromatic heterocycles. The Morgan fingerprint density at radius 1 is 1.28 bits per heavy atom. The summed E-state index contributed by atoms with van der Waals surface area (Å²) < 4.78 is 50.7. The Balaban J connectivity index is 1.77. The number of ether oxygens (including phenoxy) is 2. The smallest absolute Gasteiger partial charge is 0.459 e. The van der Waals surface area contributed by atoms with Gasteiger partial charge in [0.2, 0.25) is 0 Å². The highest BCUT2D eigenvalue weighted by molar-refractivity contribution is 7.52. The molecule has 36 heavy (non-hydrogen) atoms. The Kier molecular flexibility index (Phi) is 8.85. The number of aromatic amines is 1. The molecule has 3 N–H and O–H groups in total. The van der Waals surface area contributed by atoms with Gasteiger partial charge in [-0.05, 0) is 39.8 Å². The molecule has 14 heteroatoms. The van der Waals surface area contributed by atoms with E-state index in [-0.39, 0.29) is 11.3 Å². The normalized spacial score (nSPS) is 24.3. The van der Waals surface area contributed by atoms with Gasteiger partial charge in [0, 0.05) is 11.8 Å². The molecule has 1 fully saturated rings. The summed E-state index contributed by atoms with van der Waals surface area (Å²) in [6, 6.07) is 6.87. The van der Waals surface area contributed by atoms with Crippen molar-refractivity contribution in [1.29, 1.82) is 0 Å². The topological polar surface area (TPSA) is 158 Å². The summed E-state index contributed by atoms with van der Waals surface area (Å²) in [5, 5.41) is 12.8. The van der Waals surface area contributed by atoms with Crippen LogP contribution in [0, 0.1) is 6.92 Å². The van der Waals surface area contributed by atoms with Gasteiger partial charge in [0.25, 0.3) is 5.56 Å². The van der Waals surface area contributed by atoms with E-state index in [1.165, 1.54) is 26.0 Å². The van der Waals surface area contributed by atoms with E-state index in [4.69, 9.17) is 18.5 Å². The molecule has 0 amide bonds. The summed E-state index contributed by atoms with van der Waals surface area (Å²) in [7, 11) is -4.29. The number of aliphatic hydroxyl groups excluding tert-OH is 1. The molecule has 1 aromatic carbocycles. The zero-order valence-corrected chi connectivity index (χ0v) is 21.0. The number of carbonyl (C=O) groups is 1. The number of nitrogens with one attached hydrogen (secondary N) is 2. The number of halogens is 1. The molecule has 198 valence electrons. The fraction of sp³-hybridized carbons (Fsp3) is 0.500. The molecule has 1 aliphatic heterocycles. The summed E-state index contributed by atoms with van der Waals surface area (Å²) in [5.74, 6) is -0.554. The molecule has 0 aliphatic carbocycles. The molecule has 2 heterocycles. The molecular formula is C22H29FN3O9P. The summed E-state index contributed by atoms with van der Waals surface area (Å²) >= 11 is 0. The van der Waals surface area contributed by atoms with Crippen LogP contribution in [-0.4, -0.2) is 57.8 Å². The van der Waals surface area contributed by atoms with E-state index >= 15 is 0 Å². The maximum Gasteiger partial charge on any atom is 0.459 e. The number of hydrogen-bond donors (Lipinski definition) is 3. The summed E-state index contributed by atoms with van der Waals surface area (Å²) in [4.78, 5) is 38.0. The van der Waals surface area contributed by atoms with Crippen molar-refractivity contribution in [2.75, 3.05) is 6.61 Å². The zero-order valence-electron chi connectivity index (χ0n) is 20.1. The highest BCUT2D eigenvalue weighted by Crippen LogP contribution is 2.46. The predicted octanol–water partition coefficient (Wildman–Crippen LogP) is 1.57. The largest absolute Gasteiger partial charge is 0.462 e. The molecule has 1 unspecified atom stereocenters. The molecule has 3 rings (SSSR count). The third kappa shape index (κ3) is 6.68. The van der Waals surface area contributed by atoms with Gasteiger partial charge in [0.05, 0.1) is 12.7 Å². The number of esters is 1. The second-order valence-corrected chi connectivity index (χ2v) is 10.2. The van der Waals surface area contributed by atoms with Gasteiger partial charge in [-0.15, -0.1) is 0 Å². The minimum absolute atomic E-state index is 0.131. The molecule has 1 saturated heterocycles. The summed E-state index contributed by atoms with van der Waals surface area (Å²) in [5.41, 5.74) is -1.43. The van der Waals surface area contributed by atoms with Gasteiger partial charge in [-0.3, -0.25) is 23.7 Å². The first-order valence-electron chi connectivity index (χ1n) is 11.2. The summed E-state index contributed by atoms with van der Waals surface area (Å²) in [6.07, 6.45) is -6.07. The van der Waals surface area contributed by atoms with Gasteiger partial charge in [-0.2, -0.15) is 5.09 Å². The van der Waals surface area contributed by atoms with E-state index in [0.717, 1.165) is 10.8 Å². The Hall–Kier alpha value is -2.83. The van der Waals surface area contributed by atoms with E-state index < -0.39 is 68.3 Å². The van der Waals surface area contributed by atoms with Crippen LogP contribution in [0.2, 0.25) is 0 Å². The fourth-order valence-electron chi connectivity index (χ4n) is 3.35. The fourth-order valence-corrected chi connectivity index (χ4v) is 4.85. The number of aryl methyl sites for hydroxylation is 1. The van der Waals surface area contributed by atoms with Crippen molar-refractivity contribution in [2.45, 2.75) is 64.4 Å². The molecular weight excluding hydrogens is 500 g/mol. The van der Waals surface area contributed by atoms with Gasteiger partial charge in [-0.25, -0.2) is 13.8 Å². The lowest BCUT2D eigenvalue weighted by Crippen LogP contribution is -2.37. The van der Waals surface area contributed by atoms with Crippen molar-refractivity contribution < 1.29 is 37.4 Å². The monoisotopic (exact) mass is 529 g/mol. The molecule has 6 atom stereocenters. The summed E-state index contributed by atoms with van der Waals surface area (Å²) in [6.45, 7) is 5.49. The number of hydrogen-bond acceptors (Lipinski definition) is 9. The maximum absolute atomic E-state index is 14.9. The minimum atomic E-state index is -4.29. The lowest BCUT2D eigenvalue weighted by atomic mass is 10.1. The first kappa shape index (κ1) is 27.8. The molecule has 1 aliphatic rings. The van der Waals surface area contributed by atoms with Crippen LogP contribution in [0.4, 0.5) is 4.39 Å². The van der Waals surface area contributed by atoms with Crippen LogP contribution < -0.4 is 20.9 Å². The number of nitrogens with zero attached hydrogens (tertiary/aromatic N) is 1. The highest BCUT2D eigenvalue weighted by Gasteiger charge is 2.47. The first-order chi connectivity index (χ1) is 16.9. The molecule has 0 radical (unpaired) electrons. The van der Waals surface area contributed by atoms with E-state index in [0.29, 0.717) is 0 Å². The second kappa shape index (κ2) is 11.5. The number of aliphatic hydroxyl groups is 1. The Bertz CT molecular complexity index is 1220. The molecule has 0 saturated carbocycles. The predicted molar refractivity (Wildman–Crippen MR) is 125 cm³/mol. The Morgan fingerprint density at radius 2 is 1.94 bits per heavy atom. The van der Waals surface area contributed by atoms with Crippen LogP contribution in [0.25, 0.3) is 0 Å². The van der Waals surface area contributed by atoms with Gasteiger partial charge < -0.3 is 19.1 Å². The van der Waals surface area contributed by atoms with Gasteiger partial charge in [0.1, 0.15) is 24.0 Å². The minimum Gasteiger partial charge on any atom is -0.462 e. The van der Waals surface area contributed by atoms with Crippen LogP contribution in [0.1, 0.15) is 32.6 Å². The number of aromatic nitrogens is 2. The van der Waals surface area contributed by atoms with Crippen molar-refractivity contribution in [3.8, 4) is 5.75 Å².